The fourth-order valence-corrected chi connectivity index (χ4v) is 4.36. The topological polar surface area (TPSA) is 162 Å². The minimum atomic E-state index is -0.839. The molecule has 0 spiro atoms. The second-order valence-corrected chi connectivity index (χ2v) is 9.75. The van der Waals surface area contributed by atoms with Gasteiger partial charge in [0.15, 0.2) is 0 Å². The summed E-state index contributed by atoms with van der Waals surface area (Å²) < 4.78 is 10.0. The standard InChI is InChI=1S/C28H35N7O6/c1-34-12-14-35(15-13-34)28-32-26(29-22(24(38)40-2)16-18-4-8-20(36)9-5-18)31-27(33-28)30-23(25(39)41-3)17-19-6-10-21(37)11-7-19/h4-11,22-23,36-37H,12-17H2,1-3H3,(H2,29,30,31,32,33)/t22-,23-/m0/s1. The molecule has 0 aliphatic carbocycles. The number of phenols is 2. The highest BCUT2D eigenvalue weighted by atomic mass is 16.5. The SMILES string of the molecule is COC(=O)[C@H](Cc1ccc(O)cc1)Nc1nc(N[C@@H](Cc2ccc(O)cc2)C(=O)OC)nc(N2CCN(C)CC2)n1. The quantitative estimate of drug-likeness (QED) is 0.247. The lowest BCUT2D eigenvalue weighted by Gasteiger charge is -2.32. The summed E-state index contributed by atoms with van der Waals surface area (Å²) in [7, 11) is 4.64. The Hall–Kier alpha value is -4.65. The van der Waals surface area contributed by atoms with Gasteiger partial charge in [0.05, 0.1) is 14.2 Å². The van der Waals surface area contributed by atoms with E-state index in [1.807, 2.05) is 11.9 Å². The van der Waals surface area contributed by atoms with Crippen LogP contribution in [0, 0.1) is 0 Å². The summed E-state index contributed by atoms with van der Waals surface area (Å²) in [6.07, 6.45) is 0.494. The van der Waals surface area contributed by atoms with Gasteiger partial charge in [0.1, 0.15) is 23.6 Å². The van der Waals surface area contributed by atoms with Gasteiger partial charge in [-0.15, -0.1) is 0 Å². The second kappa shape index (κ2) is 13.6. The lowest BCUT2D eigenvalue weighted by atomic mass is 10.1. The van der Waals surface area contributed by atoms with Crippen molar-refractivity contribution < 1.29 is 29.3 Å². The molecular weight excluding hydrogens is 530 g/mol. The van der Waals surface area contributed by atoms with Crippen LogP contribution in [0.15, 0.2) is 48.5 Å². The number of anilines is 3. The van der Waals surface area contributed by atoms with E-state index in [2.05, 4.69) is 30.5 Å². The Morgan fingerprint density at radius 2 is 1.17 bits per heavy atom. The van der Waals surface area contributed by atoms with Crippen LogP contribution in [0.2, 0.25) is 0 Å². The van der Waals surface area contributed by atoms with Crippen LogP contribution >= 0.6 is 0 Å². The molecule has 3 aromatic rings. The zero-order valence-electron chi connectivity index (χ0n) is 23.3. The fraction of sp³-hybridized carbons (Fsp3) is 0.393. The molecule has 13 nitrogen and oxygen atoms in total. The average Bonchev–Trinajstić information content (AvgIpc) is 2.98. The van der Waals surface area contributed by atoms with Crippen LogP contribution < -0.4 is 15.5 Å². The molecule has 1 aliphatic rings. The van der Waals surface area contributed by atoms with E-state index in [4.69, 9.17) is 9.47 Å². The summed E-state index contributed by atoms with van der Waals surface area (Å²) in [6.45, 7) is 2.99. The molecule has 0 bridgehead atoms. The first-order valence-electron chi connectivity index (χ1n) is 13.2. The lowest BCUT2D eigenvalue weighted by molar-refractivity contribution is -0.142. The van der Waals surface area contributed by atoms with Gasteiger partial charge < -0.3 is 40.1 Å². The highest BCUT2D eigenvalue weighted by Crippen LogP contribution is 2.20. The van der Waals surface area contributed by atoms with Crippen molar-refractivity contribution in [1.82, 2.24) is 19.9 Å². The summed E-state index contributed by atoms with van der Waals surface area (Å²) in [5.74, 6) is -0.164. The number of carbonyl (C=O) groups excluding carboxylic acids is 2. The zero-order valence-corrected chi connectivity index (χ0v) is 23.3. The summed E-state index contributed by atoms with van der Waals surface area (Å²) in [4.78, 5) is 43.3. The number of carbonyl (C=O) groups is 2. The van der Waals surface area contributed by atoms with E-state index in [9.17, 15) is 19.8 Å². The average molecular weight is 566 g/mol. The van der Waals surface area contributed by atoms with Gasteiger partial charge in [-0.05, 0) is 42.4 Å². The van der Waals surface area contributed by atoms with Crippen LogP contribution in [-0.2, 0) is 31.9 Å². The van der Waals surface area contributed by atoms with Crippen molar-refractivity contribution in [2.45, 2.75) is 24.9 Å². The number of ether oxygens (including phenoxy) is 2. The molecule has 1 aromatic heterocycles. The van der Waals surface area contributed by atoms with Gasteiger partial charge in [0, 0.05) is 39.0 Å². The van der Waals surface area contributed by atoms with Crippen molar-refractivity contribution in [1.29, 1.82) is 0 Å². The number of methoxy groups -OCH3 is 2. The number of nitrogens with one attached hydrogen (secondary N) is 2. The number of benzene rings is 2. The van der Waals surface area contributed by atoms with E-state index in [1.165, 1.54) is 14.2 Å². The van der Waals surface area contributed by atoms with Crippen LogP contribution in [0.4, 0.5) is 17.8 Å². The number of esters is 2. The number of aromatic nitrogens is 3. The van der Waals surface area contributed by atoms with E-state index in [0.717, 1.165) is 24.2 Å². The molecule has 4 rings (SSSR count). The fourth-order valence-electron chi connectivity index (χ4n) is 4.36. The van der Waals surface area contributed by atoms with Crippen molar-refractivity contribution in [2.75, 3.05) is 63.0 Å². The van der Waals surface area contributed by atoms with Crippen molar-refractivity contribution in [3.8, 4) is 11.5 Å². The van der Waals surface area contributed by atoms with Crippen LogP contribution in [0.1, 0.15) is 11.1 Å². The van der Waals surface area contributed by atoms with Crippen molar-refractivity contribution in [2.24, 2.45) is 0 Å². The summed E-state index contributed by atoms with van der Waals surface area (Å²) in [5.41, 5.74) is 1.58. The molecule has 2 atom stereocenters. The number of rotatable bonds is 11. The molecule has 2 heterocycles. The molecule has 0 amide bonds. The van der Waals surface area contributed by atoms with Crippen molar-refractivity contribution in [3.63, 3.8) is 0 Å². The number of likely N-dealkylation sites (N-methyl/N-ethyl adjacent to an activating group) is 1. The second-order valence-electron chi connectivity index (χ2n) is 9.75. The predicted molar refractivity (Wildman–Crippen MR) is 152 cm³/mol. The minimum absolute atomic E-state index is 0.119. The molecule has 4 N–H and O–H groups in total. The molecule has 41 heavy (non-hydrogen) atoms. The Balaban J connectivity index is 1.64. The number of hydrogen-bond donors (Lipinski definition) is 4. The molecule has 0 radical (unpaired) electrons. The Morgan fingerprint density at radius 1 is 0.756 bits per heavy atom. The summed E-state index contributed by atoms with van der Waals surface area (Å²) in [5, 5.41) is 25.4. The first-order chi connectivity index (χ1) is 19.7. The van der Waals surface area contributed by atoms with Gasteiger partial charge in [0.25, 0.3) is 0 Å². The third-order valence-corrected chi connectivity index (χ3v) is 6.74. The molecule has 1 aliphatic heterocycles. The van der Waals surface area contributed by atoms with E-state index in [0.29, 0.717) is 19.0 Å². The van der Waals surface area contributed by atoms with Gasteiger partial charge >= 0.3 is 11.9 Å². The third-order valence-electron chi connectivity index (χ3n) is 6.74. The third kappa shape index (κ3) is 8.18. The number of aromatic hydroxyl groups is 2. The van der Waals surface area contributed by atoms with Crippen LogP contribution in [0.25, 0.3) is 0 Å². The van der Waals surface area contributed by atoms with Gasteiger partial charge in [-0.3, -0.25) is 0 Å². The largest absolute Gasteiger partial charge is 0.508 e. The molecule has 0 unspecified atom stereocenters. The maximum Gasteiger partial charge on any atom is 0.328 e. The van der Waals surface area contributed by atoms with E-state index < -0.39 is 24.0 Å². The van der Waals surface area contributed by atoms with Crippen LogP contribution in [-0.4, -0.2) is 102 Å². The Labute approximate surface area is 238 Å². The Bertz CT molecular complexity index is 1230. The van der Waals surface area contributed by atoms with E-state index >= 15 is 0 Å². The summed E-state index contributed by atoms with van der Waals surface area (Å²) >= 11 is 0. The first kappa shape index (κ1) is 29.3. The minimum Gasteiger partial charge on any atom is -0.508 e. The highest BCUT2D eigenvalue weighted by Gasteiger charge is 2.26. The molecule has 2 aromatic carbocycles. The van der Waals surface area contributed by atoms with Crippen LogP contribution in [0.3, 0.4) is 0 Å². The van der Waals surface area contributed by atoms with Gasteiger partial charge in [-0.2, -0.15) is 15.0 Å². The first-order valence-corrected chi connectivity index (χ1v) is 13.2. The smallest absolute Gasteiger partial charge is 0.328 e. The van der Waals surface area contributed by atoms with Gasteiger partial charge in [0.2, 0.25) is 17.8 Å². The highest BCUT2D eigenvalue weighted by molar-refractivity contribution is 5.80. The maximum atomic E-state index is 12.7. The molecule has 13 heteroatoms. The van der Waals surface area contributed by atoms with Crippen molar-refractivity contribution >= 4 is 29.8 Å². The predicted octanol–water partition coefficient (Wildman–Crippen LogP) is 1.43. The van der Waals surface area contributed by atoms with E-state index in [1.54, 1.807) is 48.5 Å². The molecule has 0 saturated carbocycles. The number of hydrogen-bond acceptors (Lipinski definition) is 13. The Morgan fingerprint density at radius 3 is 1.56 bits per heavy atom. The molecule has 218 valence electrons. The van der Waals surface area contributed by atoms with Gasteiger partial charge in [-0.25, -0.2) is 9.59 Å². The molecular formula is C28H35N7O6. The van der Waals surface area contributed by atoms with Crippen LogP contribution in [0.5, 0.6) is 11.5 Å². The Kier molecular flexibility index (Phi) is 9.74. The van der Waals surface area contributed by atoms with E-state index in [-0.39, 0.29) is 36.2 Å². The summed E-state index contributed by atoms with van der Waals surface area (Å²) in [6, 6.07) is 11.4. The van der Waals surface area contributed by atoms with Crippen molar-refractivity contribution in [3.05, 3.63) is 59.7 Å². The maximum absolute atomic E-state index is 12.7. The lowest BCUT2D eigenvalue weighted by Crippen LogP contribution is -2.45. The monoisotopic (exact) mass is 565 g/mol. The zero-order chi connectivity index (χ0) is 29.4. The normalized spacial score (nSPS) is 15.0. The number of piperazine rings is 1. The van der Waals surface area contributed by atoms with Gasteiger partial charge in [-0.1, -0.05) is 24.3 Å². The molecule has 1 saturated heterocycles. The molecule has 1 fully saturated rings. The number of phenolic OH excluding ortho intramolecular Hbond substituents is 2. The number of nitrogens with zero attached hydrogens (tertiary/aromatic N) is 5.